The number of thiazole rings is 1. The van der Waals surface area contributed by atoms with E-state index in [9.17, 15) is 0 Å². The van der Waals surface area contributed by atoms with Gasteiger partial charge >= 0.3 is 0 Å². The van der Waals surface area contributed by atoms with Crippen LogP contribution in [0.15, 0.2) is 18.2 Å². The van der Waals surface area contributed by atoms with E-state index in [4.69, 9.17) is 10.7 Å². The van der Waals surface area contributed by atoms with E-state index in [2.05, 4.69) is 11.2 Å². The predicted octanol–water partition coefficient (Wildman–Crippen LogP) is 3.21. The molecule has 18 heavy (non-hydrogen) atoms. The minimum atomic E-state index is 0.818. The minimum Gasteiger partial charge on any atom is -0.399 e. The summed E-state index contributed by atoms with van der Waals surface area (Å²) in [6.45, 7) is 2.25. The Labute approximate surface area is 115 Å². The van der Waals surface area contributed by atoms with Crippen LogP contribution in [0.1, 0.15) is 12.8 Å². The monoisotopic (exact) mass is 279 g/mol. The van der Waals surface area contributed by atoms with Crippen LogP contribution in [0, 0.1) is 0 Å². The van der Waals surface area contributed by atoms with Gasteiger partial charge in [-0.1, -0.05) is 11.3 Å². The van der Waals surface area contributed by atoms with Crippen LogP contribution in [0.5, 0.6) is 0 Å². The molecule has 1 aliphatic heterocycles. The molecule has 1 saturated heterocycles. The number of nitrogen functional groups attached to an aromatic ring is 1. The van der Waals surface area contributed by atoms with Crippen LogP contribution < -0.4 is 10.6 Å². The fraction of sp³-hybridized carbons (Fsp3) is 0.462. The molecule has 0 aliphatic carbocycles. The molecule has 3 nitrogen and oxygen atoms in total. The number of fused-ring (bicyclic) bond motifs is 1. The van der Waals surface area contributed by atoms with Crippen molar-refractivity contribution >= 4 is 44.1 Å². The van der Waals surface area contributed by atoms with Crippen molar-refractivity contribution in [1.29, 1.82) is 0 Å². The summed E-state index contributed by atoms with van der Waals surface area (Å²) in [5.41, 5.74) is 7.69. The molecule has 1 aromatic heterocycles. The molecule has 1 aliphatic rings. The number of nitrogens with zero attached hydrogens (tertiary/aromatic N) is 2. The summed E-state index contributed by atoms with van der Waals surface area (Å²) in [4.78, 5) is 7.12. The molecule has 96 valence electrons. The van der Waals surface area contributed by atoms with Crippen molar-refractivity contribution in [3.63, 3.8) is 0 Å². The lowest BCUT2D eigenvalue weighted by Crippen LogP contribution is -2.34. The normalized spacial score (nSPS) is 17.5. The largest absolute Gasteiger partial charge is 0.399 e. The number of nitrogens with two attached hydrogens (primary N) is 1. The molecule has 0 radical (unpaired) electrons. The van der Waals surface area contributed by atoms with Crippen molar-refractivity contribution in [3.8, 4) is 0 Å². The third-order valence-electron chi connectivity index (χ3n) is 3.45. The van der Waals surface area contributed by atoms with E-state index in [0.29, 0.717) is 0 Å². The molecular formula is C13H17N3S2. The van der Waals surface area contributed by atoms with Crippen LogP contribution >= 0.6 is 23.1 Å². The van der Waals surface area contributed by atoms with Gasteiger partial charge in [0.1, 0.15) is 0 Å². The highest BCUT2D eigenvalue weighted by Gasteiger charge is 2.20. The third kappa shape index (κ3) is 2.29. The highest BCUT2D eigenvalue weighted by molar-refractivity contribution is 7.99. The Morgan fingerprint density at radius 1 is 1.39 bits per heavy atom. The summed E-state index contributed by atoms with van der Waals surface area (Å²) in [6.07, 6.45) is 4.74. The van der Waals surface area contributed by atoms with Gasteiger partial charge in [0.05, 0.1) is 10.2 Å². The Balaban J connectivity index is 1.82. The fourth-order valence-corrected chi connectivity index (χ4v) is 4.09. The second-order valence-electron chi connectivity index (χ2n) is 4.65. The maximum atomic E-state index is 5.81. The Bertz CT molecular complexity index is 544. The molecule has 0 bridgehead atoms. The molecule has 1 fully saturated rings. The van der Waals surface area contributed by atoms with E-state index in [-0.39, 0.29) is 0 Å². The molecule has 1 aromatic carbocycles. The Morgan fingerprint density at radius 3 is 2.89 bits per heavy atom. The maximum absolute atomic E-state index is 5.81. The quantitative estimate of drug-likeness (QED) is 0.857. The summed E-state index contributed by atoms with van der Waals surface area (Å²) in [5.74, 6) is 0. The van der Waals surface area contributed by atoms with Gasteiger partial charge in [-0.25, -0.2) is 4.98 Å². The lowest BCUT2D eigenvalue weighted by molar-refractivity contribution is 0.591. The molecule has 0 spiro atoms. The number of rotatable bonds is 2. The molecule has 2 aromatic rings. The van der Waals surface area contributed by atoms with Crippen LogP contribution in [-0.4, -0.2) is 29.6 Å². The smallest absolute Gasteiger partial charge is 0.186 e. The lowest BCUT2D eigenvalue weighted by Gasteiger charge is -2.30. The van der Waals surface area contributed by atoms with Crippen LogP contribution in [0.2, 0.25) is 0 Å². The zero-order valence-corrected chi connectivity index (χ0v) is 12.1. The highest BCUT2D eigenvalue weighted by Crippen LogP contribution is 2.32. The molecule has 5 heteroatoms. The van der Waals surface area contributed by atoms with Crippen LogP contribution in [0.25, 0.3) is 10.2 Å². The predicted molar refractivity (Wildman–Crippen MR) is 82.8 cm³/mol. The first-order valence-electron chi connectivity index (χ1n) is 6.20. The van der Waals surface area contributed by atoms with Gasteiger partial charge in [-0.3, -0.25) is 0 Å². The Hall–Kier alpha value is -0.940. The van der Waals surface area contributed by atoms with Crippen LogP contribution in [0.3, 0.4) is 0 Å². The van der Waals surface area contributed by atoms with Gasteiger partial charge in [-0.15, -0.1) is 0 Å². The van der Waals surface area contributed by atoms with E-state index in [1.54, 1.807) is 11.3 Å². The van der Waals surface area contributed by atoms with E-state index < -0.39 is 0 Å². The summed E-state index contributed by atoms with van der Waals surface area (Å²) < 4.78 is 1.19. The molecule has 3 rings (SSSR count). The first-order chi connectivity index (χ1) is 8.76. The lowest BCUT2D eigenvalue weighted by atomic mass is 10.1. The van der Waals surface area contributed by atoms with Gasteiger partial charge in [0.2, 0.25) is 0 Å². The van der Waals surface area contributed by atoms with E-state index in [1.165, 1.54) is 17.5 Å². The topological polar surface area (TPSA) is 42.2 Å². The van der Waals surface area contributed by atoms with Crippen molar-refractivity contribution < 1.29 is 0 Å². The molecule has 2 N–H and O–H groups in total. The number of benzene rings is 1. The number of anilines is 2. The summed E-state index contributed by atoms with van der Waals surface area (Å²) in [7, 11) is 0. The number of thioether (sulfide) groups is 1. The maximum Gasteiger partial charge on any atom is 0.186 e. The number of hydrogen-bond donors (Lipinski definition) is 1. The second-order valence-corrected chi connectivity index (χ2v) is 6.79. The van der Waals surface area contributed by atoms with Crippen molar-refractivity contribution in [2.45, 2.75) is 18.1 Å². The van der Waals surface area contributed by atoms with Gasteiger partial charge in [0.15, 0.2) is 5.13 Å². The van der Waals surface area contributed by atoms with Crippen LogP contribution in [-0.2, 0) is 0 Å². The summed E-state index contributed by atoms with van der Waals surface area (Å²) >= 11 is 3.74. The highest BCUT2D eigenvalue weighted by atomic mass is 32.2. The molecule has 0 unspecified atom stereocenters. The summed E-state index contributed by atoms with van der Waals surface area (Å²) in [6, 6.07) is 5.95. The average molecular weight is 279 g/mol. The number of hydrogen-bond acceptors (Lipinski definition) is 5. The zero-order valence-electron chi connectivity index (χ0n) is 10.4. The fourth-order valence-electron chi connectivity index (χ4n) is 2.35. The van der Waals surface area contributed by atoms with E-state index >= 15 is 0 Å². The number of aromatic nitrogens is 1. The average Bonchev–Trinajstić information content (AvgIpc) is 2.81. The first kappa shape index (κ1) is 12.1. The van der Waals surface area contributed by atoms with Gasteiger partial charge in [-0.05, 0) is 37.3 Å². The Morgan fingerprint density at radius 2 is 2.17 bits per heavy atom. The molecule has 0 atom stereocenters. The van der Waals surface area contributed by atoms with Crippen molar-refractivity contribution in [2.75, 3.05) is 30.0 Å². The second kappa shape index (κ2) is 4.97. The van der Waals surface area contributed by atoms with Gasteiger partial charge in [0.25, 0.3) is 0 Å². The van der Waals surface area contributed by atoms with E-state index in [0.717, 1.165) is 34.7 Å². The first-order valence-corrected chi connectivity index (χ1v) is 8.30. The van der Waals surface area contributed by atoms with Gasteiger partial charge < -0.3 is 10.6 Å². The summed E-state index contributed by atoms with van der Waals surface area (Å²) in [5, 5.41) is 1.97. The molecule has 2 heterocycles. The standard InChI is InChI=1S/C13H17N3S2/c1-17-10-4-6-16(7-5-10)13-15-11-3-2-9(14)8-12(11)18-13/h2-3,8,10H,4-7,14H2,1H3. The van der Waals surface area contributed by atoms with Crippen molar-refractivity contribution in [2.24, 2.45) is 0 Å². The van der Waals surface area contributed by atoms with E-state index in [1.807, 2.05) is 30.0 Å². The van der Waals surface area contributed by atoms with Gasteiger partial charge in [0, 0.05) is 24.0 Å². The van der Waals surface area contributed by atoms with Crippen molar-refractivity contribution in [3.05, 3.63) is 18.2 Å². The number of piperidine rings is 1. The molecule has 0 saturated carbocycles. The third-order valence-corrected chi connectivity index (χ3v) is 5.66. The van der Waals surface area contributed by atoms with Gasteiger partial charge in [-0.2, -0.15) is 11.8 Å². The van der Waals surface area contributed by atoms with Crippen LogP contribution in [0.4, 0.5) is 10.8 Å². The van der Waals surface area contributed by atoms with Crippen molar-refractivity contribution in [1.82, 2.24) is 4.98 Å². The SMILES string of the molecule is CSC1CCN(c2nc3ccc(N)cc3s2)CC1. The minimum absolute atomic E-state index is 0.818. The Kier molecular flexibility index (Phi) is 3.35. The zero-order chi connectivity index (χ0) is 12.5. The molecule has 0 amide bonds. The molecular weight excluding hydrogens is 262 g/mol.